The van der Waals surface area contributed by atoms with Gasteiger partial charge in [-0.25, -0.2) is 0 Å². The van der Waals surface area contributed by atoms with Crippen LogP contribution in [0.1, 0.15) is 13.3 Å². The zero-order valence-electron chi connectivity index (χ0n) is 7.92. The summed E-state index contributed by atoms with van der Waals surface area (Å²) in [5.41, 5.74) is 4.06. The number of hydrogen-bond donors (Lipinski definition) is 0. The zero-order valence-corrected chi connectivity index (χ0v) is 7.92. The molecule has 0 atom stereocenters. The molecule has 0 radical (unpaired) electrons. The smallest absolute Gasteiger partial charge is 0.0719 e. The molecular weight excluding hydrogens is 160 g/mol. The summed E-state index contributed by atoms with van der Waals surface area (Å²) >= 11 is 0. The molecule has 0 aromatic rings. The van der Waals surface area contributed by atoms with Gasteiger partial charge in [-0.2, -0.15) is 0 Å². The van der Waals surface area contributed by atoms with Gasteiger partial charge in [0.05, 0.1) is 13.2 Å². The van der Waals surface area contributed by atoms with Crippen LogP contribution in [-0.2, 0) is 4.74 Å². The van der Waals surface area contributed by atoms with Crippen LogP contribution in [0.15, 0.2) is 47.1 Å². The third kappa shape index (κ3) is 1.99. The van der Waals surface area contributed by atoms with Crippen molar-refractivity contribution in [2.24, 2.45) is 0 Å². The van der Waals surface area contributed by atoms with E-state index in [1.165, 1.54) is 16.7 Å². The second-order valence-corrected chi connectivity index (χ2v) is 3.46. The van der Waals surface area contributed by atoms with E-state index in [1.54, 1.807) is 0 Å². The van der Waals surface area contributed by atoms with Gasteiger partial charge in [-0.3, -0.25) is 0 Å². The standard InChI is InChI=1S/C12H14O/c1-10-4-2-3-5-11-6-7-13-9-12(11)8-10/h2-5,8H,6-7,9H2,1H3/b3-2?,4-2?,5-3-,10-4?,10-8?,11-5?,12-8?. The SMILES string of the molecule is CC1=CC2=C(/C=C\C=C1)CCOC2. The number of ether oxygens (including phenoxy) is 1. The minimum Gasteiger partial charge on any atom is -0.376 e. The summed E-state index contributed by atoms with van der Waals surface area (Å²) in [5.74, 6) is 0. The van der Waals surface area contributed by atoms with Crippen molar-refractivity contribution in [2.45, 2.75) is 13.3 Å². The second-order valence-electron chi connectivity index (χ2n) is 3.46. The summed E-state index contributed by atoms with van der Waals surface area (Å²) in [4.78, 5) is 0. The topological polar surface area (TPSA) is 9.23 Å². The van der Waals surface area contributed by atoms with Crippen LogP contribution in [0.25, 0.3) is 0 Å². The molecule has 68 valence electrons. The van der Waals surface area contributed by atoms with Crippen LogP contribution in [0.3, 0.4) is 0 Å². The minimum absolute atomic E-state index is 0.769. The van der Waals surface area contributed by atoms with Gasteiger partial charge in [0.1, 0.15) is 0 Å². The van der Waals surface area contributed by atoms with Gasteiger partial charge in [0, 0.05) is 0 Å². The van der Waals surface area contributed by atoms with Crippen LogP contribution in [-0.4, -0.2) is 13.2 Å². The third-order valence-electron chi connectivity index (χ3n) is 2.36. The molecule has 0 bridgehead atoms. The Morgan fingerprint density at radius 3 is 2.92 bits per heavy atom. The fraction of sp³-hybridized carbons (Fsp3) is 0.333. The summed E-state index contributed by atoms with van der Waals surface area (Å²) in [5, 5.41) is 0. The van der Waals surface area contributed by atoms with E-state index in [0.717, 1.165) is 19.6 Å². The first-order valence-corrected chi connectivity index (χ1v) is 4.69. The molecule has 1 heterocycles. The lowest BCUT2D eigenvalue weighted by atomic mass is 9.99. The summed E-state index contributed by atoms with van der Waals surface area (Å²) in [6.45, 7) is 3.75. The Kier molecular flexibility index (Phi) is 2.46. The Labute approximate surface area is 79.1 Å². The van der Waals surface area contributed by atoms with E-state index in [0.29, 0.717) is 0 Å². The van der Waals surface area contributed by atoms with Crippen LogP contribution in [0, 0.1) is 0 Å². The highest BCUT2D eigenvalue weighted by Gasteiger charge is 2.09. The lowest BCUT2D eigenvalue weighted by Gasteiger charge is -2.17. The van der Waals surface area contributed by atoms with Crippen molar-refractivity contribution in [1.29, 1.82) is 0 Å². The molecule has 1 aliphatic carbocycles. The maximum atomic E-state index is 5.42. The molecule has 0 amide bonds. The van der Waals surface area contributed by atoms with Crippen molar-refractivity contribution in [3.63, 3.8) is 0 Å². The first-order chi connectivity index (χ1) is 6.36. The summed E-state index contributed by atoms with van der Waals surface area (Å²) < 4.78 is 5.42. The van der Waals surface area contributed by atoms with E-state index in [4.69, 9.17) is 4.74 Å². The Bertz CT molecular complexity index is 316. The number of allylic oxidation sites excluding steroid dienone is 5. The monoisotopic (exact) mass is 174 g/mol. The van der Waals surface area contributed by atoms with Crippen LogP contribution < -0.4 is 0 Å². The lowest BCUT2D eigenvalue weighted by Crippen LogP contribution is -2.09. The number of hydrogen-bond acceptors (Lipinski definition) is 1. The van der Waals surface area contributed by atoms with Gasteiger partial charge < -0.3 is 4.74 Å². The number of rotatable bonds is 0. The lowest BCUT2D eigenvalue weighted by molar-refractivity contribution is 0.150. The van der Waals surface area contributed by atoms with Crippen molar-refractivity contribution in [3.05, 3.63) is 47.1 Å². The van der Waals surface area contributed by atoms with Crippen molar-refractivity contribution in [3.8, 4) is 0 Å². The molecule has 0 N–H and O–H groups in total. The summed E-state index contributed by atoms with van der Waals surface area (Å²) in [6.07, 6.45) is 11.8. The summed E-state index contributed by atoms with van der Waals surface area (Å²) in [7, 11) is 0. The average molecular weight is 174 g/mol. The van der Waals surface area contributed by atoms with Gasteiger partial charge in [-0.15, -0.1) is 0 Å². The van der Waals surface area contributed by atoms with Crippen LogP contribution in [0.2, 0.25) is 0 Å². The molecule has 1 heteroatoms. The Morgan fingerprint density at radius 2 is 2.00 bits per heavy atom. The van der Waals surface area contributed by atoms with Crippen molar-refractivity contribution < 1.29 is 4.74 Å². The molecule has 0 unspecified atom stereocenters. The van der Waals surface area contributed by atoms with Crippen LogP contribution >= 0.6 is 0 Å². The van der Waals surface area contributed by atoms with E-state index in [1.807, 2.05) is 0 Å². The quantitative estimate of drug-likeness (QED) is 0.548. The first kappa shape index (κ1) is 8.52. The van der Waals surface area contributed by atoms with E-state index in [9.17, 15) is 0 Å². The fourth-order valence-electron chi connectivity index (χ4n) is 1.64. The first-order valence-electron chi connectivity index (χ1n) is 4.69. The molecular formula is C12H14O. The van der Waals surface area contributed by atoms with Crippen molar-refractivity contribution >= 4 is 0 Å². The van der Waals surface area contributed by atoms with E-state index >= 15 is 0 Å². The predicted molar refractivity (Wildman–Crippen MR) is 54.5 cm³/mol. The molecule has 0 spiro atoms. The largest absolute Gasteiger partial charge is 0.376 e. The van der Waals surface area contributed by atoms with E-state index < -0.39 is 0 Å². The molecule has 0 aromatic heterocycles. The molecule has 0 saturated carbocycles. The highest BCUT2D eigenvalue weighted by atomic mass is 16.5. The second kappa shape index (κ2) is 3.75. The van der Waals surface area contributed by atoms with Gasteiger partial charge in [0.25, 0.3) is 0 Å². The van der Waals surface area contributed by atoms with Gasteiger partial charge in [0.2, 0.25) is 0 Å². The Balaban J connectivity index is 2.36. The summed E-state index contributed by atoms with van der Waals surface area (Å²) in [6, 6.07) is 0. The molecule has 13 heavy (non-hydrogen) atoms. The molecule has 0 fully saturated rings. The fourth-order valence-corrected chi connectivity index (χ4v) is 1.64. The normalized spacial score (nSPS) is 24.5. The molecule has 2 aliphatic rings. The van der Waals surface area contributed by atoms with Crippen molar-refractivity contribution in [2.75, 3.05) is 13.2 Å². The minimum atomic E-state index is 0.769. The maximum absolute atomic E-state index is 5.42. The maximum Gasteiger partial charge on any atom is 0.0719 e. The predicted octanol–water partition coefficient (Wildman–Crippen LogP) is 2.78. The highest BCUT2D eigenvalue weighted by molar-refractivity contribution is 5.42. The van der Waals surface area contributed by atoms with E-state index in [2.05, 4.69) is 37.3 Å². The molecule has 1 nitrogen and oxygen atoms in total. The van der Waals surface area contributed by atoms with Crippen LogP contribution in [0.5, 0.6) is 0 Å². The Morgan fingerprint density at radius 1 is 1.15 bits per heavy atom. The Hall–Kier alpha value is -1.08. The molecule has 1 aliphatic heterocycles. The van der Waals surface area contributed by atoms with Gasteiger partial charge >= 0.3 is 0 Å². The van der Waals surface area contributed by atoms with Gasteiger partial charge in [-0.05, 0) is 24.5 Å². The average Bonchev–Trinajstić information content (AvgIpc) is 2.11. The van der Waals surface area contributed by atoms with Crippen molar-refractivity contribution in [1.82, 2.24) is 0 Å². The van der Waals surface area contributed by atoms with Crippen LogP contribution in [0.4, 0.5) is 0 Å². The zero-order chi connectivity index (χ0) is 9.10. The molecule has 0 saturated heterocycles. The molecule has 2 rings (SSSR count). The van der Waals surface area contributed by atoms with E-state index in [-0.39, 0.29) is 0 Å². The third-order valence-corrected chi connectivity index (χ3v) is 2.36. The van der Waals surface area contributed by atoms with Gasteiger partial charge in [0.15, 0.2) is 0 Å². The highest BCUT2D eigenvalue weighted by Crippen LogP contribution is 2.20. The van der Waals surface area contributed by atoms with Gasteiger partial charge in [-0.1, -0.05) is 36.0 Å². The molecule has 0 aromatic carbocycles.